The molecule has 1 atom stereocenters. The van der Waals surface area contributed by atoms with Crippen molar-refractivity contribution in [2.24, 2.45) is 0 Å². The summed E-state index contributed by atoms with van der Waals surface area (Å²) in [7, 11) is 0. The summed E-state index contributed by atoms with van der Waals surface area (Å²) in [6.07, 6.45) is 3.31. The third-order valence-electron chi connectivity index (χ3n) is 3.40. The maximum Gasteiger partial charge on any atom is 0.268 e. The highest BCUT2D eigenvalue weighted by molar-refractivity contribution is 5.38. The molecule has 1 aromatic heterocycles. The standard InChI is InChI=1S/C14H11N3O/c15-7-10-8-16-13(17-14(10)18)12-6-5-9-3-1-2-4-11(9)12/h1-4,8,12H,5-6H2,(H,16,17,18). The van der Waals surface area contributed by atoms with E-state index >= 15 is 0 Å². The van der Waals surface area contributed by atoms with Crippen LogP contribution in [0.3, 0.4) is 0 Å². The molecule has 18 heavy (non-hydrogen) atoms. The van der Waals surface area contributed by atoms with Crippen LogP contribution >= 0.6 is 0 Å². The number of benzene rings is 1. The summed E-state index contributed by atoms with van der Waals surface area (Å²) in [4.78, 5) is 18.6. The van der Waals surface area contributed by atoms with Gasteiger partial charge in [0.05, 0.1) is 6.20 Å². The molecule has 2 aromatic rings. The minimum Gasteiger partial charge on any atom is -0.309 e. The van der Waals surface area contributed by atoms with E-state index in [1.807, 2.05) is 18.2 Å². The van der Waals surface area contributed by atoms with E-state index in [0.717, 1.165) is 12.8 Å². The minimum atomic E-state index is -0.355. The summed E-state index contributed by atoms with van der Waals surface area (Å²) >= 11 is 0. The van der Waals surface area contributed by atoms with Gasteiger partial charge in [-0.1, -0.05) is 24.3 Å². The molecule has 0 amide bonds. The van der Waals surface area contributed by atoms with Gasteiger partial charge in [-0.3, -0.25) is 4.79 Å². The van der Waals surface area contributed by atoms with Crippen molar-refractivity contribution in [2.45, 2.75) is 18.8 Å². The van der Waals surface area contributed by atoms with Gasteiger partial charge >= 0.3 is 0 Å². The lowest BCUT2D eigenvalue weighted by Gasteiger charge is -2.10. The van der Waals surface area contributed by atoms with Crippen molar-refractivity contribution < 1.29 is 0 Å². The Bertz CT molecular complexity index is 697. The fourth-order valence-electron chi connectivity index (χ4n) is 2.51. The van der Waals surface area contributed by atoms with Crippen LogP contribution in [-0.2, 0) is 6.42 Å². The van der Waals surface area contributed by atoms with Crippen molar-refractivity contribution in [2.75, 3.05) is 0 Å². The fourth-order valence-corrected chi connectivity index (χ4v) is 2.51. The Balaban J connectivity index is 2.06. The number of nitrogens with one attached hydrogen (secondary N) is 1. The summed E-state index contributed by atoms with van der Waals surface area (Å²) < 4.78 is 0. The highest BCUT2D eigenvalue weighted by atomic mass is 16.1. The zero-order valence-corrected chi connectivity index (χ0v) is 9.68. The fraction of sp³-hybridized carbons (Fsp3) is 0.214. The third kappa shape index (κ3) is 1.61. The van der Waals surface area contributed by atoms with Gasteiger partial charge in [0.25, 0.3) is 5.56 Å². The molecule has 0 spiro atoms. The van der Waals surface area contributed by atoms with E-state index in [1.54, 1.807) is 0 Å². The molecular weight excluding hydrogens is 226 g/mol. The van der Waals surface area contributed by atoms with Crippen molar-refractivity contribution in [3.63, 3.8) is 0 Å². The molecule has 0 radical (unpaired) electrons. The summed E-state index contributed by atoms with van der Waals surface area (Å²) in [5.74, 6) is 0.797. The second-order valence-electron chi connectivity index (χ2n) is 4.41. The first-order chi connectivity index (χ1) is 8.79. The molecule has 4 nitrogen and oxygen atoms in total. The van der Waals surface area contributed by atoms with Crippen molar-refractivity contribution in [3.8, 4) is 6.07 Å². The maximum absolute atomic E-state index is 11.6. The molecule has 0 saturated heterocycles. The smallest absolute Gasteiger partial charge is 0.268 e. The van der Waals surface area contributed by atoms with Crippen LogP contribution in [0.1, 0.15) is 34.9 Å². The van der Waals surface area contributed by atoms with Crippen LogP contribution in [0.25, 0.3) is 0 Å². The third-order valence-corrected chi connectivity index (χ3v) is 3.40. The number of aryl methyl sites for hydroxylation is 1. The molecule has 0 saturated carbocycles. The number of aromatic amines is 1. The second kappa shape index (κ2) is 4.11. The van der Waals surface area contributed by atoms with Crippen LogP contribution in [0.4, 0.5) is 0 Å². The number of nitriles is 1. The number of H-pyrrole nitrogens is 1. The van der Waals surface area contributed by atoms with E-state index in [0.29, 0.717) is 5.82 Å². The summed E-state index contributed by atoms with van der Waals surface area (Å²) in [6, 6.07) is 10.0. The van der Waals surface area contributed by atoms with Gasteiger partial charge in [-0.05, 0) is 24.0 Å². The zero-order valence-electron chi connectivity index (χ0n) is 9.68. The van der Waals surface area contributed by atoms with E-state index in [-0.39, 0.29) is 17.0 Å². The topological polar surface area (TPSA) is 69.5 Å². The molecule has 1 aliphatic carbocycles. The Kier molecular flexibility index (Phi) is 2.45. The lowest BCUT2D eigenvalue weighted by atomic mass is 10.0. The van der Waals surface area contributed by atoms with Gasteiger partial charge in [0.2, 0.25) is 0 Å². The summed E-state index contributed by atoms with van der Waals surface area (Å²) in [5.41, 5.74) is 2.25. The van der Waals surface area contributed by atoms with Crippen molar-refractivity contribution >= 4 is 0 Å². The lowest BCUT2D eigenvalue weighted by Crippen LogP contribution is -2.16. The average molecular weight is 237 g/mol. The van der Waals surface area contributed by atoms with Crippen LogP contribution in [0, 0.1) is 11.3 Å². The maximum atomic E-state index is 11.6. The Labute approximate surface area is 104 Å². The van der Waals surface area contributed by atoms with E-state index in [1.165, 1.54) is 17.3 Å². The van der Waals surface area contributed by atoms with Crippen LogP contribution in [0.15, 0.2) is 35.3 Å². The molecule has 0 aliphatic heterocycles. The van der Waals surface area contributed by atoms with Crippen LogP contribution in [0.5, 0.6) is 0 Å². The number of rotatable bonds is 1. The molecule has 1 N–H and O–H groups in total. The number of hydrogen-bond donors (Lipinski definition) is 1. The van der Waals surface area contributed by atoms with E-state index in [4.69, 9.17) is 5.26 Å². The number of aromatic nitrogens is 2. The van der Waals surface area contributed by atoms with Gasteiger partial charge in [0.15, 0.2) is 0 Å². The molecule has 1 unspecified atom stereocenters. The van der Waals surface area contributed by atoms with Crippen molar-refractivity contribution in [1.82, 2.24) is 9.97 Å². The van der Waals surface area contributed by atoms with Crippen LogP contribution < -0.4 is 5.56 Å². The van der Waals surface area contributed by atoms with Gasteiger partial charge in [-0.15, -0.1) is 0 Å². The first kappa shape index (κ1) is 10.7. The lowest BCUT2D eigenvalue weighted by molar-refractivity contribution is 0.722. The summed E-state index contributed by atoms with van der Waals surface area (Å²) in [5, 5.41) is 8.72. The van der Waals surface area contributed by atoms with Crippen LogP contribution in [0.2, 0.25) is 0 Å². The quantitative estimate of drug-likeness (QED) is 0.821. The van der Waals surface area contributed by atoms with Gasteiger partial charge < -0.3 is 4.98 Å². The average Bonchev–Trinajstić information content (AvgIpc) is 2.82. The molecule has 3 rings (SSSR count). The van der Waals surface area contributed by atoms with Crippen molar-refractivity contribution in [1.29, 1.82) is 5.26 Å². The van der Waals surface area contributed by atoms with E-state index < -0.39 is 0 Å². The molecule has 88 valence electrons. The SMILES string of the molecule is N#Cc1cnc(C2CCc3ccccc32)[nH]c1=O. The monoisotopic (exact) mass is 237 g/mol. The van der Waals surface area contributed by atoms with E-state index in [2.05, 4.69) is 22.1 Å². The Morgan fingerprint density at radius 2 is 2.22 bits per heavy atom. The molecule has 1 aromatic carbocycles. The first-order valence-electron chi connectivity index (χ1n) is 5.86. The van der Waals surface area contributed by atoms with Gasteiger partial charge in [-0.25, -0.2) is 4.98 Å². The normalized spacial score (nSPS) is 17.2. The molecule has 4 heteroatoms. The largest absolute Gasteiger partial charge is 0.309 e. The van der Waals surface area contributed by atoms with Crippen molar-refractivity contribution in [3.05, 3.63) is 63.3 Å². The Morgan fingerprint density at radius 1 is 1.39 bits per heavy atom. The predicted molar refractivity (Wildman–Crippen MR) is 66.2 cm³/mol. The van der Waals surface area contributed by atoms with Gasteiger partial charge in [0, 0.05) is 5.92 Å². The number of nitrogens with zero attached hydrogens (tertiary/aromatic N) is 2. The molecule has 1 heterocycles. The highest BCUT2D eigenvalue weighted by Gasteiger charge is 2.25. The van der Waals surface area contributed by atoms with Gasteiger partial charge in [0.1, 0.15) is 17.5 Å². The number of fused-ring (bicyclic) bond motifs is 1. The molecule has 0 bridgehead atoms. The van der Waals surface area contributed by atoms with Crippen LogP contribution in [-0.4, -0.2) is 9.97 Å². The number of hydrogen-bond acceptors (Lipinski definition) is 3. The molecule has 1 aliphatic rings. The Morgan fingerprint density at radius 3 is 3.00 bits per heavy atom. The second-order valence-corrected chi connectivity index (χ2v) is 4.41. The zero-order chi connectivity index (χ0) is 12.5. The first-order valence-corrected chi connectivity index (χ1v) is 5.86. The van der Waals surface area contributed by atoms with E-state index in [9.17, 15) is 4.79 Å². The summed E-state index contributed by atoms with van der Waals surface area (Å²) in [6.45, 7) is 0. The Hall–Kier alpha value is -2.41. The highest BCUT2D eigenvalue weighted by Crippen LogP contribution is 2.35. The minimum absolute atomic E-state index is 0.0602. The van der Waals surface area contributed by atoms with Gasteiger partial charge in [-0.2, -0.15) is 5.26 Å². The predicted octanol–water partition coefficient (Wildman–Crippen LogP) is 1.72. The molecular formula is C14H11N3O. The molecule has 0 fully saturated rings.